The maximum Gasteiger partial charge on any atom is 0.228 e. The minimum atomic E-state index is -1.40. The van der Waals surface area contributed by atoms with E-state index >= 15 is 0 Å². The van der Waals surface area contributed by atoms with Gasteiger partial charge in [0.15, 0.2) is 5.72 Å². The lowest BCUT2D eigenvalue weighted by Gasteiger charge is -2.36. The zero-order chi connectivity index (χ0) is 16.6. The van der Waals surface area contributed by atoms with E-state index in [9.17, 15) is 14.3 Å². The summed E-state index contributed by atoms with van der Waals surface area (Å²) in [6, 6.07) is 7.87. The molecule has 7 heteroatoms. The zero-order valence-electron chi connectivity index (χ0n) is 12.3. The molecule has 1 saturated heterocycles. The van der Waals surface area contributed by atoms with E-state index in [1.54, 1.807) is 19.2 Å². The molecule has 2 heterocycles. The number of carbonyl (C=O) groups excluding carboxylic acids is 1. The maximum atomic E-state index is 13.4. The van der Waals surface area contributed by atoms with Crippen molar-refractivity contribution in [3.8, 4) is 17.2 Å². The van der Waals surface area contributed by atoms with Gasteiger partial charge in [0.25, 0.3) is 0 Å². The molecule has 1 amide bonds. The average Bonchev–Trinajstić information content (AvgIpc) is 3.03. The normalized spacial score (nSPS) is 21.3. The second-order valence-electron chi connectivity index (χ2n) is 5.47. The first-order valence-electron chi connectivity index (χ1n) is 6.93. The van der Waals surface area contributed by atoms with Gasteiger partial charge < -0.3 is 10.0 Å². The number of amides is 1. The largest absolute Gasteiger partial charge is 0.370 e. The van der Waals surface area contributed by atoms with Gasteiger partial charge in [0, 0.05) is 7.05 Å². The Morgan fingerprint density at radius 1 is 1.43 bits per heavy atom. The Morgan fingerprint density at radius 3 is 2.91 bits per heavy atom. The molecule has 1 aromatic carbocycles. The number of aliphatic hydroxyl groups is 1. The number of nitriles is 1. The summed E-state index contributed by atoms with van der Waals surface area (Å²) in [5, 5.41) is 24.3. The Kier molecular flexibility index (Phi) is 3.90. The van der Waals surface area contributed by atoms with Crippen LogP contribution in [0.1, 0.15) is 16.9 Å². The van der Waals surface area contributed by atoms with Crippen molar-refractivity contribution in [1.82, 2.24) is 10.2 Å². The minimum absolute atomic E-state index is 0.0263. The third-order valence-corrected chi connectivity index (χ3v) is 4.95. The summed E-state index contributed by atoms with van der Waals surface area (Å²) in [6.45, 7) is 0.262. The van der Waals surface area contributed by atoms with Crippen LogP contribution in [0.2, 0.25) is 0 Å². The molecule has 2 N–H and O–H groups in total. The van der Waals surface area contributed by atoms with Gasteiger partial charge in [-0.1, -0.05) is 6.07 Å². The maximum absolute atomic E-state index is 13.4. The van der Waals surface area contributed by atoms with Crippen molar-refractivity contribution in [3.05, 3.63) is 45.9 Å². The molecule has 0 radical (unpaired) electrons. The second-order valence-corrected chi connectivity index (χ2v) is 6.38. The smallest absolute Gasteiger partial charge is 0.228 e. The summed E-state index contributed by atoms with van der Waals surface area (Å²) >= 11 is 1.31. The highest BCUT2D eigenvalue weighted by molar-refractivity contribution is 7.10. The van der Waals surface area contributed by atoms with E-state index < -0.39 is 11.5 Å². The number of hydrogen-bond acceptors (Lipinski definition) is 5. The van der Waals surface area contributed by atoms with Crippen LogP contribution in [0, 0.1) is 17.1 Å². The monoisotopic (exact) mass is 331 g/mol. The van der Waals surface area contributed by atoms with E-state index in [4.69, 9.17) is 5.26 Å². The quantitative estimate of drug-likeness (QED) is 0.882. The third kappa shape index (κ3) is 2.84. The molecule has 1 atom stereocenters. The molecule has 3 rings (SSSR count). The van der Waals surface area contributed by atoms with Crippen molar-refractivity contribution >= 4 is 17.2 Å². The van der Waals surface area contributed by atoms with Crippen LogP contribution in [-0.2, 0) is 10.5 Å². The van der Waals surface area contributed by atoms with Crippen LogP contribution in [0.3, 0.4) is 0 Å². The predicted molar refractivity (Wildman–Crippen MR) is 83.7 cm³/mol. The van der Waals surface area contributed by atoms with Crippen LogP contribution in [0.25, 0.3) is 11.1 Å². The Balaban J connectivity index is 1.92. The Labute approximate surface area is 136 Å². The lowest BCUT2D eigenvalue weighted by Crippen LogP contribution is -2.55. The van der Waals surface area contributed by atoms with Gasteiger partial charge >= 0.3 is 0 Å². The molecule has 5 nitrogen and oxygen atoms in total. The van der Waals surface area contributed by atoms with Gasteiger partial charge in [0.2, 0.25) is 5.91 Å². The highest BCUT2D eigenvalue weighted by Crippen LogP contribution is 2.35. The molecule has 118 valence electrons. The fourth-order valence-electron chi connectivity index (χ4n) is 2.42. The summed E-state index contributed by atoms with van der Waals surface area (Å²) in [4.78, 5) is 13.9. The van der Waals surface area contributed by atoms with Crippen molar-refractivity contribution in [2.45, 2.75) is 12.1 Å². The number of benzene rings is 1. The van der Waals surface area contributed by atoms with Crippen molar-refractivity contribution in [3.63, 3.8) is 0 Å². The van der Waals surface area contributed by atoms with Gasteiger partial charge in [-0.3, -0.25) is 10.1 Å². The molecule has 23 heavy (non-hydrogen) atoms. The van der Waals surface area contributed by atoms with E-state index in [1.165, 1.54) is 28.4 Å². The molecule has 1 aliphatic heterocycles. The van der Waals surface area contributed by atoms with Crippen LogP contribution in [0.15, 0.2) is 29.6 Å². The fourth-order valence-corrected chi connectivity index (χ4v) is 3.42. The number of thiophene rings is 1. The number of hydrogen-bond donors (Lipinski definition) is 2. The van der Waals surface area contributed by atoms with E-state index in [0.29, 0.717) is 10.4 Å². The van der Waals surface area contributed by atoms with Gasteiger partial charge in [-0.15, -0.1) is 11.3 Å². The van der Waals surface area contributed by atoms with Crippen LogP contribution < -0.4 is 5.32 Å². The zero-order valence-corrected chi connectivity index (χ0v) is 13.2. The Bertz CT molecular complexity index is 814. The summed E-state index contributed by atoms with van der Waals surface area (Å²) in [5.74, 6) is -0.706. The molecule has 0 bridgehead atoms. The van der Waals surface area contributed by atoms with E-state index in [0.717, 1.165) is 5.56 Å². The SMILES string of the molecule is CN1CN[C@](O)(c2cc(-c3ccc(F)c(C#N)c3)cs2)CC1=O. The van der Waals surface area contributed by atoms with Crippen molar-refractivity contribution in [2.24, 2.45) is 0 Å². The molecule has 1 fully saturated rings. The number of carbonyl (C=O) groups is 1. The molecule has 2 aromatic rings. The van der Waals surface area contributed by atoms with Gasteiger partial charge in [-0.05, 0) is 34.7 Å². The van der Waals surface area contributed by atoms with E-state index in [2.05, 4.69) is 5.32 Å². The van der Waals surface area contributed by atoms with E-state index in [-0.39, 0.29) is 24.6 Å². The van der Waals surface area contributed by atoms with Crippen molar-refractivity contribution < 1.29 is 14.3 Å². The average molecular weight is 331 g/mol. The summed E-state index contributed by atoms with van der Waals surface area (Å²) < 4.78 is 13.4. The van der Waals surface area contributed by atoms with Crippen LogP contribution in [0.5, 0.6) is 0 Å². The second kappa shape index (κ2) is 5.74. The van der Waals surface area contributed by atoms with Crippen molar-refractivity contribution in [2.75, 3.05) is 13.7 Å². The first-order chi connectivity index (χ1) is 10.9. The molecular formula is C16H14FN3O2S. The molecular weight excluding hydrogens is 317 g/mol. The summed E-state index contributed by atoms with van der Waals surface area (Å²) in [5.41, 5.74) is 0.0305. The first-order valence-corrected chi connectivity index (χ1v) is 7.81. The van der Waals surface area contributed by atoms with Crippen molar-refractivity contribution in [1.29, 1.82) is 5.26 Å². The van der Waals surface area contributed by atoms with Crippen LogP contribution >= 0.6 is 11.3 Å². The first kappa shape index (κ1) is 15.6. The number of rotatable bonds is 2. The Hall–Kier alpha value is -2.27. The standard InChI is InChI=1S/C16H14FN3O2S/c1-20-9-19-16(22,6-15(20)21)14-5-12(8-23-14)10-2-3-13(17)11(4-10)7-18/h2-5,8,19,22H,6,9H2,1H3/t16-/m1/s1. The van der Waals surface area contributed by atoms with Crippen LogP contribution in [0.4, 0.5) is 4.39 Å². The molecule has 1 aromatic heterocycles. The van der Waals surface area contributed by atoms with Gasteiger partial charge in [0.1, 0.15) is 11.9 Å². The molecule has 0 aliphatic carbocycles. The molecule has 0 saturated carbocycles. The lowest BCUT2D eigenvalue weighted by atomic mass is 10.0. The number of nitrogens with one attached hydrogen (secondary N) is 1. The van der Waals surface area contributed by atoms with E-state index in [1.807, 2.05) is 11.4 Å². The topological polar surface area (TPSA) is 76.4 Å². The highest BCUT2D eigenvalue weighted by Gasteiger charge is 2.38. The number of nitrogens with zero attached hydrogens (tertiary/aromatic N) is 2. The minimum Gasteiger partial charge on any atom is -0.370 e. The van der Waals surface area contributed by atoms with Gasteiger partial charge in [0.05, 0.1) is 23.5 Å². The summed E-state index contributed by atoms with van der Waals surface area (Å²) in [7, 11) is 1.66. The highest BCUT2D eigenvalue weighted by atomic mass is 32.1. The van der Waals surface area contributed by atoms with Crippen LogP contribution in [-0.4, -0.2) is 29.6 Å². The molecule has 0 spiro atoms. The Morgan fingerprint density at radius 2 is 2.22 bits per heavy atom. The number of halogens is 1. The molecule has 0 unspecified atom stereocenters. The van der Waals surface area contributed by atoms with Gasteiger partial charge in [-0.2, -0.15) is 5.26 Å². The molecule has 1 aliphatic rings. The lowest BCUT2D eigenvalue weighted by molar-refractivity contribution is -0.146. The predicted octanol–water partition coefficient (Wildman–Crippen LogP) is 1.98. The summed E-state index contributed by atoms with van der Waals surface area (Å²) in [6.07, 6.45) is -0.0453. The third-order valence-electron chi connectivity index (χ3n) is 3.87. The van der Waals surface area contributed by atoms with Gasteiger partial charge in [-0.25, -0.2) is 4.39 Å². The fraction of sp³-hybridized carbons (Fsp3) is 0.250.